The fourth-order valence-electron chi connectivity index (χ4n) is 2.14. The van der Waals surface area contributed by atoms with E-state index in [1.54, 1.807) is 33.8 Å². The van der Waals surface area contributed by atoms with Crippen molar-refractivity contribution >= 4 is 17.7 Å². The minimum atomic E-state index is -1.03. The molecular weight excluding hydrogens is 387 g/mol. The molecule has 1 aromatic carbocycles. The van der Waals surface area contributed by atoms with Crippen LogP contribution in [0.2, 0.25) is 0 Å². The van der Waals surface area contributed by atoms with Crippen molar-refractivity contribution < 1.29 is 23.8 Å². The Morgan fingerprint density at radius 1 is 1.17 bits per heavy atom. The van der Waals surface area contributed by atoms with Crippen LogP contribution in [-0.4, -0.2) is 35.4 Å². The van der Waals surface area contributed by atoms with Crippen LogP contribution in [0.15, 0.2) is 18.2 Å². The molecule has 0 aliphatic carbocycles. The summed E-state index contributed by atoms with van der Waals surface area (Å²) in [6.45, 7) is 14.9. The van der Waals surface area contributed by atoms with E-state index in [-0.39, 0.29) is 18.7 Å². The second-order valence-corrected chi connectivity index (χ2v) is 7.54. The van der Waals surface area contributed by atoms with Crippen LogP contribution in [0, 0.1) is 12.7 Å². The summed E-state index contributed by atoms with van der Waals surface area (Å²) >= 11 is 0. The minimum Gasteiger partial charge on any atom is -0.444 e. The molecule has 1 aromatic rings. The lowest BCUT2D eigenvalue weighted by molar-refractivity contribution is -0.118. The summed E-state index contributed by atoms with van der Waals surface area (Å²) < 4.78 is 18.8. The molecule has 3 N–H and O–H groups in total. The maximum absolute atomic E-state index is 13.8. The number of anilines is 1. The van der Waals surface area contributed by atoms with E-state index < -0.39 is 29.5 Å². The maximum Gasteiger partial charge on any atom is 0.408 e. The van der Waals surface area contributed by atoms with E-state index in [9.17, 15) is 14.0 Å². The summed E-state index contributed by atoms with van der Waals surface area (Å²) in [4.78, 5) is 23.9. The number of carbonyl (C=O) groups is 2. The summed E-state index contributed by atoms with van der Waals surface area (Å²) in [5.74, 6) is -1.20. The van der Waals surface area contributed by atoms with Crippen molar-refractivity contribution in [1.29, 1.82) is 0 Å². The van der Waals surface area contributed by atoms with Crippen molar-refractivity contribution in [2.45, 2.75) is 92.7 Å². The van der Waals surface area contributed by atoms with Crippen molar-refractivity contribution in [3.8, 4) is 0 Å². The zero-order valence-corrected chi connectivity index (χ0v) is 19.9. The average molecular weight is 429 g/mol. The van der Waals surface area contributed by atoms with E-state index in [0.717, 1.165) is 5.56 Å². The molecule has 0 bridgehead atoms. The van der Waals surface area contributed by atoms with Crippen molar-refractivity contribution in [2.24, 2.45) is 0 Å². The van der Waals surface area contributed by atoms with Crippen LogP contribution < -0.4 is 10.6 Å². The Labute approximate surface area is 181 Å². The number of unbranched alkanes of at least 4 members (excludes halogenated alkanes) is 2. The van der Waals surface area contributed by atoms with Gasteiger partial charge in [-0.2, -0.15) is 0 Å². The van der Waals surface area contributed by atoms with E-state index in [1.165, 1.54) is 31.4 Å². The number of alkyl carbamates (subject to hydrolysis) is 1. The van der Waals surface area contributed by atoms with Crippen molar-refractivity contribution in [1.82, 2.24) is 5.32 Å². The Hall–Kier alpha value is -2.15. The molecular formula is C23H41FN2O4. The Bertz CT molecular complexity index is 614. The lowest BCUT2D eigenvalue weighted by atomic mass is 10.1. The number of amides is 2. The predicted molar refractivity (Wildman–Crippen MR) is 121 cm³/mol. The van der Waals surface area contributed by atoms with Gasteiger partial charge in [0.05, 0.1) is 5.69 Å². The number of ether oxygens (including phenoxy) is 1. The third-order valence-corrected chi connectivity index (χ3v) is 3.51. The summed E-state index contributed by atoms with van der Waals surface area (Å²) in [5.41, 5.74) is 0.0155. The van der Waals surface area contributed by atoms with Crippen LogP contribution in [0.3, 0.4) is 0 Å². The molecule has 0 aliphatic heterocycles. The largest absolute Gasteiger partial charge is 0.444 e. The van der Waals surface area contributed by atoms with E-state index in [2.05, 4.69) is 24.5 Å². The van der Waals surface area contributed by atoms with Gasteiger partial charge in [-0.15, -0.1) is 0 Å². The molecule has 1 atom stereocenters. The number of benzene rings is 1. The minimum absolute atomic E-state index is 0.00882. The summed E-state index contributed by atoms with van der Waals surface area (Å²) in [7, 11) is 0. The molecule has 7 heteroatoms. The number of nitrogens with one attached hydrogen (secondary N) is 2. The lowest BCUT2D eigenvalue weighted by Gasteiger charge is -2.23. The number of halogens is 1. The predicted octanol–water partition coefficient (Wildman–Crippen LogP) is 5.57. The molecule has 0 radical (unpaired) electrons. The molecule has 0 aromatic heterocycles. The molecule has 30 heavy (non-hydrogen) atoms. The Balaban J connectivity index is 0. The van der Waals surface area contributed by atoms with Gasteiger partial charge in [0, 0.05) is 6.61 Å². The number of hydrogen-bond acceptors (Lipinski definition) is 4. The SMILES string of the molecule is CC.CCCCC.Cc1ccc(NC(=O)[C@H](CCO)NC(=O)OC(C)(C)C)c(F)c1. The maximum atomic E-state index is 13.8. The number of carbonyl (C=O) groups excluding carboxylic acids is 2. The van der Waals surface area contributed by atoms with Crippen LogP contribution in [0.25, 0.3) is 0 Å². The van der Waals surface area contributed by atoms with Crippen LogP contribution in [-0.2, 0) is 9.53 Å². The highest BCUT2D eigenvalue weighted by Crippen LogP contribution is 2.16. The first-order valence-electron chi connectivity index (χ1n) is 10.7. The standard InChI is InChI=1S/C16H23FN2O4.C5H12.C2H6/c1-10-5-6-12(11(17)9-10)18-14(21)13(7-8-20)19-15(22)23-16(2,3)4;1-3-5-4-2;1-2/h5-6,9,13,20H,7-8H2,1-4H3,(H,18,21)(H,19,22);3-5H2,1-2H3;1-2H3/t13-;;/m0../s1. The molecule has 0 fully saturated rings. The van der Waals surface area contributed by atoms with E-state index in [1.807, 2.05) is 13.8 Å². The molecule has 0 unspecified atom stereocenters. The quantitative estimate of drug-likeness (QED) is 0.530. The van der Waals surface area contributed by atoms with Crippen molar-refractivity contribution in [3.63, 3.8) is 0 Å². The zero-order valence-electron chi connectivity index (χ0n) is 19.9. The molecule has 174 valence electrons. The van der Waals surface area contributed by atoms with Gasteiger partial charge in [-0.25, -0.2) is 9.18 Å². The Morgan fingerprint density at radius 2 is 1.73 bits per heavy atom. The highest BCUT2D eigenvalue weighted by molar-refractivity contribution is 5.96. The number of aliphatic hydroxyl groups excluding tert-OH is 1. The number of hydrogen-bond donors (Lipinski definition) is 3. The average Bonchev–Trinajstić information content (AvgIpc) is 2.65. The first-order valence-corrected chi connectivity index (χ1v) is 10.7. The van der Waals surface area contributed by atoms with Crippen LogP contribution in [0.4, 0.5) is 14.9 Å². The summed E-state index contributed by atoms with van der Waals surface area (Å²) in [5, 5.41) is 13.8. The lowest BCUT2D eigenvalue weighted by Crippen LogP contribution is -2.46. The highest BCUT2D eigenvalue weighted by Gasteiger charge is 2.24. The molecule has 2 amide bonds. The number of aryl methyl sites for hydroxylation is 1. The fraction of sp³-hybridized carbons (Fsp3) is 0.652. The second kappa shape index (κ2) is 16.6. The van der Waals surface area contributed by atoms with E-state index in [0.29, 0.717) is 0 Å². The van der Waals surface area contributed by atoms with Gasteiger partial charge < -0.3 is 20.5 Å². The van der Waals surface area contributed by atoms with Gasteiger partial charge >= 0.3 is 6.09 Å². The number of rotatable bonds is 7. The summed E-state index contributed by atoms with van der Waals surface area (Å²) in [6, 6.07) is 3.35. The van der Waals surface area contributed by atoms with Crippen molar-refractivity contribution in [2.75, 3.05) is 11.9 Å². The van der Waals surface area contributed by atoms with Crippen LogP contribution >= 0.6 is 0 Å². The van der Waals surface area contributed by atoms with Gasteiger partial charge in [0.1, 0.15) is 17.5 Å². The Kier molecular flexibility index (Phi) is 16.7. The second-order valence-electron chi connectivity index (χ2n) is 7.54. The smallest absolute Gasteiger partial charge is 0.408 e. The molecule has 0 saturated heterocycles. The Morgan fingerprint density at radius 3 is 2.13 bits per heavy atom. The molecule has 0 heterocycles. The third kappa shape index (κ3) is 14.8. The van der Waals surface area contributed by atoms with E-state index in [4.69, 9.17) is 9.84 Å². The highest BCUT2D eigenvalue weighted by atomic mass is 19.1. The topological polar surface area (TPSA) is 87.7 Å². The zero-order chi connectivity index (χ0) is 23.7. The van der Waals surface area contributed by atoms with Gasteiger partial charge in [0.15, 0.2) is 0 Å². The van der Waals surface area contributed by atoms with Gasteiger partial charge in [-0.05, 0) is 51.8 Å². The molecule has 0 spiro atoms. The first-order chi connectivity index (χ1) is 14.0. The van der Waals surface area contributed by atoms with E-state index >= 15 is 0 Å². The van der Waals surface area contributed by atoms with Crippen LogP contribution in [0.1, 0.15) is 79.7 Å². The van der Waals surface area contributed by atoms with Crippen LogP contribution in [0.5, 0.6) is 0 Å². The first kappa shape index (κ1) is 30.0. The number of aliphatic hydroxyl groups is 1. The monoisotopic (exact) mass is 428 g/mol. The molecule has 6 nitrogen and oxygen atoms in total. The molecule has 0 aliphatic rings. The van der Waals surface area contributed by atoms with Crippen molar-refractivity contribution in [3.05, 3.63) is 29.6 Å². The van der Waals surface area contributed by atoms with Gasteiger partial charge in [0.25, 0.3) is 0 Å². The molecule has 0 saturated carbocycles. The van der Waals surface area contributed by atoms with Gasteiger partial charge in [0.2, 0.25) is 5.91 Å². The third-order valence-electron chi connectivity index (χ3n) is 3.51. The van der Waals surface area contributed by atoms with Gasteiger partial charge in [-0.1, -0.05) is 53.0 Å². The van der Waals surface area contributed by atoms with Gasteiger partial charge in [-0.3, -0.25) is 4.79 Å². The summed E-state index contributed by atoms with van der Waals surface area (Å²) in [6.07, 6.45) is 3.28. The molecule has 1 rings (SSSR count). The normalized spacial score (nSPS) is 11.1. The fourth-order valence-corrected chi connectivity index (χ4v) is 2.14.